The zero-order chi connectivity index (χ0) is 9.66. The molecule has 4 nitrogen and oxygen atoms in total. The van der Waals surface area contributed by atoms with Gasteiger partial charge in [0.1, 0.15) is 0 Å². The van der Waals surface area contributed by atoms with Gasteiger partial charge in [-0.15, -0.1) is 13.2 Å². The molecule has 0 heterocycles. The number of rotatable bonds is 6. The second-order valence-corrected chi connectivity index (χ2v) is 1.80. The molecule has 0 aromatic heterocycles. The number of hydrogen-bond acceptors (Lipinski definition) is 4. The van der Waals surface area contributed by atoms with Gasteiger partial charge >= 0.3 is 45.5 Å². The Labute approximate surface area is 118 Å². The molecule has 0 aromatic carbocycles. The second-order valence-electron chi connectivity index (χ2n) is 1.80. The molecule has 0 aliphatic carbocycles. The molecule has 0 aliphatic rings. The van der Waals surface area contributed by atoms with Crippen molar-refractivity contribution < 1.29 is 19.7 Å². The molecule has 0 aromatic rings. The summed E-state index contributed by atoms with van der Waals surface area (Å²) in [6.07, 6.45) is 0. The third-order valence-corrected chi connectivity index (χ3v) is 0.864. The van der Waals surface area contributed by atoms with E-state index in [1.165, 1.54) is 0 Å². The molecule has 0 rings (SSSR count). The Morgan fingerprint density at radius 2 is 1.15 bits per heavy atom. The standard InChI is InChI=1S/2C4H9O2.Sr/c2*1-2-6-4-3-5;/h2*2-4H2,1H3;/q2*-1;+2. The molecular weight excluding hydrogens is 248 g/mol. The van der Waals surface area contributed by atoms with E-state index in [1.807, 2.05) is 13.8 Å². The van der Waals surface area contributed by atoms with Gasteiger partial charge in [0.25, 0.3) is 0 Å². The van der Waals surface area contributed by atoms with Crippen LogP contribution in [-0.4, -0.2) is 85.1 Å². The van der Waals surface area contributed by atoms with E-state index in [-0.39, 0.29) is 58.7 Å². The summed E-state index contributed by atoms with van der Waals surface area (Å²) in [7, 11) is 0. The van der Waals surface area contributed by atoms with E-state index in [4.69, 9.17) is 0 Å². The molecule has 0 unspecified atom stereocenters. The Kier molecular flexibility index (Phi) is 35.5. The summed E-state index contributed by atoms with van der Waals surface area (Å²) in [6.45, 7) is 5.53. The molecule has 0 bridgehead atoms. The van der Waals surface area contributed by atoms with Gasteiger partial charge in [-0.2, -0.15) is 0 Å². The number of ether oxygens (including phenoxy) is 2. The summed E-state index contributed by atoms with van der Waals surface area (Å²) in [4.78, 5) is 0. The van der Waals surface area contributed by atoms with Gasteiger partial charge in [-0.05, 0) is 13.8 Å². The minimum Gasteiger partial charge on any atom is -0.853 e. The Balaban J connectivity index is -0.000000143. The van der Waals surface area contributed by atoms with Crippen LogP contribution in [0.25, 0.3) is 0 Å². The van der Waals surface area contributed by atoms with Gasteiger partial charge in [-0.25, -0.2) is 0 Å². The fourth-order valence-electron chi connectivity index (χ4n) is 0.407. The van der Waals surface area contributed by atoms with Crippen LogP contribution in [-0.2, 0) is 9.47 Å². The third kappa shape index (κ3) is 31.9. The second kappa shape index (κ2) is 23.3. The minimum absolute atomic E-state index is 0. The fraction of sp³-hybridized carbons (Fsp3) is 1.00. The minimum atomic E-state index is -0.117. The smallest absolute Gasteiger partial charge is 0.853 e. The summed E-state index contributed by atoms with van der Waals surface area (Å²) in [6, 6.07) is 0. The molecule has 0 aliphatic heterocycles. The third-order valence-electron chi connectivity index (χ3n) is 0.864. The summed E-state index contributed by atoms with van der Waals surface area (Å²) in [5.41, 5.74) is 0. The first-order chi connectivity index (χ1) is 5.83. The molecule has 13 heavy (non-hydrogen) atoms. The molecule has 0 amide bonds. The van der Waals surface area contributed by atoms with Crippen molar-refractivity contribution in [3.05, 3.63) is 0 Å². The topological polar surface area (TPSA) is 64.6 Å². The maximum Gasteiger partial charge on any atom is 2.00 e. The molecule has 76 valence electrons. The molecule has 0 spiro atoms. The van der Waals surface area contributed by atoms with E-state index in [2.05, 4.69) is 9.47 Å². The van der Waals surface area contributed by atoms with Crippen LogP contribution in [0.15, 0.2) is 0 Å². The summed E-state index contributed by atoms with van der Waals surface area (Å²) in [5, 5.41) is 19.1. The summed E-state index contributed by atoms with van der Waals surface area (Å²) >= 11 is 0. The van der Waals surface area contributed by atoms with Crippen molar-refractivity contribution in [2.75, 3.05) is 39.6 Å². The van der Waals surface area contributed by atoms with Crippen molar-refractivity contribution in [2.24, 2.45) is 0 Å². The van der Waals surface area contributed by atoms with E-state index in [9.17, 15) is 10.2 Å². The molecule has 0 fully saturated rings. The van der Waals surface area contributed by atoms with Gasteiger partial charge in [-0.3, -0.25) is 0 Å². The summed E-state index contributed by atoms with van der Waals surface area (Å²) < 4.78 is 9.34. The van der Waals surface area contributed by atoms with Crippen LogP contribution in [0.1, 0.15) is 13.8 Å². The van der Waals surface area contributed by atoms with Crippen LogP contribution in [0, 0.1) is 0 Å². The van der Waals surface area contributed by atoms with E-state index in [0.717, 1.165) is 0 Å². The molecule has 0 saturated heterocycles. The van der Waals surface area contributed by atoms with Gasteiger partial charge in [0.05, 0.1) is 0 Å². The van der Waals surface area contributed by atoms with E-state index < -0.39 is 0 Å². The Morgan fingerprint density at radius 3 is 1.23 bits per heavy atom. The zero-order valence-electron chi connectivity index (χ0n) is 8.58. The van der Waals surface area contributed by atoms with Crippen molar-refractivity contribution in [3.8, 4) is 0 Å². The van der Waals surface area contributed by atoms with Crippen molar-refractivity contribution in [1.29, 1.82) is 0 Å². The quantitative estimate of drug-likeness (QED) is 0.428. The maximum absolute atomic E-state index is 9.56. The molecule has 0 radical (unpaired) electrons. The molecule has 0 N–H and O–H groups in total. The molecule has 5 heteroatoms. The van der Waals surface area contributed by atoms with E-state index in [1.54, 1.807) is 0 Å². The van der Waals surface area contributed by atoms with Crippen molar-refractivity contribution in [3.63, 3.8) is 0 Å². The van der Waals surface area contributed by atoms with Gasteiger partial charge in [-0.1, -0.05) is 0 Å². The van der Waals surface area contributed by atoms with Gasteiger partial charge in [0, 0.05) is 26.4 Å². The van der Waals surface area contributed by atoms with Gasteiger partial charge in [0.15, 0.2) is 0 Å². The Bertz CT molecular complexity index is 48.1. The predicted molar refractivity (Wildman–Crippen MR) is 48.5 cm³/mol. The first kappa shape index (κ1) is 19.8. The fourth-order valence-corrected chi connectivity index (χ4v) is 0.407. The zero-order valence-corrected chi connectivity index (χ0v) is 12.1. The maximum atomic E-state index is 9.56. The van der Waals surface area contributed by atoms with E-state index in [0.29, 0.717) is 26.4 Å². The van der Waals surface area contributed by atoms with Gasteiger partial charge < -0.3 is 19.7 Å². The van der Waals surface area contributed by atoms with Crippen LogP contribution in [0.5, 0.6) is 0 Å². The van der Waals surface area contributed by atoms with Crippen LogP contribution in [0.3, 0.4) is 0 Å². The first-order valence-corrected chi connectivity index (χ1v) is 4.15. The molecular formula is C8H18O4Sr. The van der Waals surface area contributed by atoms with Crippen LogP contribution < -0.4 is 10.2 Å². The molecule has 0 atom stereocenters. The van der Waals surface area contributed by atoms with Crippen molar-refractivity contribution in [1.82, 2.24) is 0 Å². The SMILES string of the molecule is CCOCC[O-].CCOCC[O-].[Sr+2]. The average Bonchev–Trinajstić information content (AvgIpc) is 2.12. The van der Waals surface area contributed by atoms with Crippen molar-refractivity contribution >= 4 is 45.5 Å². The first-order valence-electron chi connectivity index (χ1n) is 4.15. The van der Waals surface area contributed by atoms with Gasteiger partial charge in [0.2, 0.25) is 0 Å². The predicted octanol–water partition coefficient (Wildman–Crippen LogP) is -1.61. The normalized spacial score (nSPS) is 8.31. The monoisotopic (exact) mass is 266 g/mol. The Morgan fingerprint density at radius 1 is 0.846 bits per heavy atom. The van der Waals surface area contributed by atoms with Crippen LogP contribution in [0.4, 0.5) is 0 Å². The Hall–Kier alpha value is 1.32. The average molecular weight is 266 g/mol. The van der Waals surface area contributed by atoms with E-state index >= 15 is 0 Å². The van der Waals surface area contributed by atoms with Crippen LogP contribution in [0.2, 0.25) is 0 Å². The van der Waals surface area contributed by atoms with Crippen LogP contribution >= 0.6 is 0 Å². The van der Waals surface area contributed by atoms with Crippen molar-refractivity contribution in [2.45, 2.75) is 13.8 Å². The summed E-state index contributed by atoms with van der Waals surface area (Å²) in [5.74, 6) is 0. The largest absolute Gasteiger partial charge is 2.00 e. The number of hydrogen-bond donors (Lipinski definition) is 0. The molecule has 0 saturated carbocycles.